The Bertz CT molecular complexity index is 894. The summed E-state index contributed by atoms with van der Waals surface area (Å²) in [6.45, 7) is 1.78. The van der Waals surface area contributed by atoms with Crippen molar-refractivity contribution in [1.82, 2.24) is 15.1 Å². The summed E-state index contributed by atoms with van der Waals surface area (Å²) in [6.07, 6.45) is 2.42. The summed E-state index contributed by atoms with van der Waals surface area (Å²) >= 11 is 11.9. The Morgan fingerprint density at radius 1 is 1.20 bits per heavy atom. The second kappa shape index (κ2) is 7.63. The Morgan fingerprint density at radius 2 is 2.04 bits per heavy atom. The van der Waals surface area contributed by atoms with Gasteiger partial charge in [-0.05, 0) is 29.8 Å². The molecule has 3 aromatic rings. The molecular formula is C17H14Cl2N4O2. The maximum absolute atomic E-state index is 11.3. The highest BCUT2D eigenvalue weighted by atomic mass is 35.5. The number of hydrogen-bond donors (Lipinski definition) is 1. The molecule has 0 saturated heterocycles. The third kappa shape index (κ3) is 4.35. The van der Waals surface area contributed by atoms with Crippen molar-refractivity contribution in [1.29, 1.82) is 0 Å². The topological polar surface area (TPSA) is 80.9 Å². The van der Waals surface area contributed by atoms with E-state index in [0.29, 0.717) is 46.0 Å². The number of amides is 1. The van der Waals surface area contributed by atoms with Crippen molar-refractivity contribution in [3.8, 4) is 11.4 Å². The fourth-order valence-corrected chi connectivity index (χ4v) is 2.42. The van der Waals surface area contributed by atoms with E-state index in [9.17, 15) is 4.79 Å². The van der Waals surface area contributed by atoms with Crippen LogP contribution in [0.5, 0.6) is 0 Å². The molecule has 0 atom stereocenters. The van der Waals surface area contributed by atoms with E-state index in [1.807, 2.05) is 6.07 Å². The summed E-state index contributed by atoms with van der Waals surface area (Å²) in [4.78, 5) is 19.9. The monoisotopic (exact) mass is 376 g/mol. The van der Waals surface area contributed by atoms with Crippen molar-refractivity contribution in [3.05, 3.63) is 58.0 Å². The standard InChI is InChI=1S/C17H14Cl2N4O2/c1-2-15(24)21-14-6-4-11(9-20-14)17-22-16(25-23-17)8-10-3-5-12(18)13(19)7-10/h3-7,9H,2,8H2,1H3,(H,20,21,24). The normalized spacial score (nSPS) is 10.7. The number of pyridine rings is 1. The largest absolute Gasteiger partial charge is 0.339 e. The second-order valence-electron chi connectivity index (χ2n) is 5.27. The van der Waals surface area contributed by atoms with Crippen LogP contribution in [-0.4, -0.2) is 21.0 Å². The van der Waals surface area contributed by atoms with Gasteiger partial charge in [0.05, 0.1) is 16.5 Å². The zero-order valence-electron chi connectivity index (χ0n) is 13.3. The van der Waals surface area contributed by atoms with Gasteiger partial charge in [0, 0.05) is 18.2 Å². The molecule has 0 aliphatic carbocycles. The molecule has 1 aromatic carbocycles. The van der Waals surface area contributed by atoms with Gasteiger partial charge in [0.15, 0.2) is 0 Å². The van der Waals surface area contributed by atoms with Gasteiger partial charge in [-0.25, -0.2) is 4.98 Å². The molecule has 128 valence electrons. The molecule has 1 N–H and O–H groups in total. The SMILES string of the molecule is CCC(=O)Nc1ccc(-c2noc(Cc3ccc(Cl)c(Cl)c3)n2)cn1. The van der Waals surface area contributed by atoms with Crippen LogP contribution in [0.25, 0.3) is 11.4 Å². The van der Waals surface area contributed by atoms with E-state index in [2.05, 4.69) is 20.4 Å². The summed E-state index contributed by atoms with van der Waals surface area (Å²) in [6, 6.07) is 8.80. The van der Waals surface area contributed by atoms with E-state index < -0.39 is 0 Å². The third-order valence-electron chi connectivity index (χ3n) is 3.42. The van der Waals surface area contributed by atoms with Crippen LogP contribution in [0, 0.1) is 0 Å². The van der Waals surface area contributed by atoms with E-state index in [1.165, 1.54) is 0 Å². The van der Waals surface area contributed by atoms with Crippen LogP contribution >= 0.6 is 23.2 Å². The lowest BCUT2D eigenvalue weighted by atomic mass is 10.1. The van der Waals surface area contributed by atoms with Gasteiger partial charge in [-0.15, -0.1) is 0 Å². The maximum Gasteiger partial charge on any atom is 0.231 e. The first-order chi connectivity index (χ1) is 12.0. The predicted octanol–water partition coefficient (Wildman–Crippen LogP) is 4.38. The number of halogens is 2. The summed E-state index contributed by atoms with van der Waals surface area (Å²) in [5.74, 6) is 1.27. The van der Waals surface area contributed by atoms with Gasteiger partial charge in [-0.1, -0.05) is 41.3 Å². The lowest BCUT2D eigenvalue weighted by Crippen LogP contribution is -2.10. The molecule has 0 fully saturated rings. The molecule has 0 saturated carbocycles. The van der Waals surface area contributed by atoms with Gasteiger partial charge in [0.2, 0.25) is 17.6 Å². The fraction of sp³-hybridized carbons (Fsp3) is 0.176. The molecule has 0 unspecified atom stereocenters. The van der Waals surface area contributed by atoms with Gasteiger partial charge < -0.3 is 9.84 Å². The molecule has 0 aliphatic rings. The average molecular weight is 377 g/mol. The number of anilines is 1. The predicted molar refractivity (Wildman–Crippen MR) is 95.7 cm³/mol. The number of nitrogens with zero attached hydrogens (tertiary/aromatic N) is 3. The Morgan fingerprint density at radius 3 is 2.72 bits per heavy atom. The Kier molecular flexibility index (Phi) is 5.31. The molecule has 0 spiro atoms. The molecule has 2 aromatic heterocycles. The van der Waals surface area contributed by atoms with Crippen LogP contribution in [-0.2, 0) is 11.2 Å². The van der Waals surface area contributed by atoms with E-state index >= 15 is 0 Å². The smallest absolute Gasteiger partial charge is 0.231 e. The van der Waals surface area contributed by atoms with E-state index in [1.54, 1.807) is 37.4 Å². The van der Waals surface area contributed by atoms with Gasteiger partial charge in [0.25, 0.3) is 0 Å². The van der Waals surface area contributed by atoms with Crippen molar-refractivity contribution < 1.29 is 9.32 Å². The highest BCUT2D eigenvalue weighted by molar-refractivity contribution is 6.42. The van der Waals surface area contributed by atoms with Crippen LogP contribution < -0.4 is 5.32 Å². The van der Waals surface area contributed by atoms with Crippen molar-refractivity contribution in [2.24, 2.45) is 0 Å². The first-order valence-corrected chi connectivity index (χ1v) is 8.33. The zero-order chi connectivity index (χ0) is 17.8. The lowest BCUT2D eigenvalue weighted by molar-refractivity contribution is -0.115. The van der Waals surface area contributed by atoms with Crippen LogP contribution in [0.1, 0.15) is 24.8 Å². The van der Waals surface area contributed by atoms with E-state index in [0.717, 1.165) is 5.56 Å². The van der Waals surface area contributed by atoms with Gasteiger partial charge in [0.1, 0.15) is 5.82 Å². The molecule has 8 heteroatoms. The Hall–Kier alpha value is -2.44. The molecule has 0 bridgehead atoms. The van der Waals surface area contributed by atoms with Gasteiger partial charge >= 0.3 is 0 Å². The number of carbonyl (C=O) groups excluding carboxylic acids is 1. The third-order valence-corrected chi connectivity index (χ3v) is 4.16. The van der Waals surface area contributed by atoms with Crippen LogP contribution in [0.3, 0.4) is 0 Å². The highest BCUT2D eigenvalue weighted by Gasteiger charge is 2.11. The number of carbonyl (C=O) groups is 1. The number of aromatic nitrogens is 3. The molecule has 2 heterocycles. The van der Waals surface area contributed by atoms with Crippen molar-refractivity contribution >= 4 is 34.9 Å². The highest BCUT2D eigenvalue weighted by Crippen LogP contribution is 2.24. The summed E-state index contributed by atoms with van der Waals surface area (Å²) in [7, 11) is 0. The minimum absolute atomic E-state index is 0.0938. The zero-order valence-corrected chi connectivity index (χ0v) is 14.8. The minimum atomic E-state index is -0.0938. The molecular weight excluding hydrogens is 363 g/mol. The van der Waals surface area contributed by atoms with Crippen molar-refractivity contribution in [2.75, 3.05) is 5.32 Å². The first-order valence-electron chi connectivity index (χ1n) is 7.58. The van der Waals surface area contributed by atoms with Crippen LogP contribution in [0.2, 0.25) is 10.0 Å². The van der Waals surface area contributed by atoms with Crippen LogP contribution in [0.15, 0.2) is 41.1 Å². The van der Waals surface area contributed by atoms with Crippen molar-refractivity contribution in [3.63, 3.8) is 0 Å². The number of rotatable bonds is 5. The molecule has 25 heavy (non-hydrogen) atoms. The number of nitrogens with one attached hydrogen (secondary N) is 1. The Balaban J connectivity index is 1.72. The van der Waals surface area contributed by atoms with Gasteiger partial charge in [-0.2, -0.15) is 4.98 Å². The quantitative estimate of drug-likeness (QED) is 0.714. The molecule has 6 nitrogen and oxygen atoms in total. The Labute approximate surface area is 154 Å². The summed E-state index contributed by atoms with van der Waals surface area (Å²) in [5.41, 5.74) is 1.61. The number of hydrogen-bond acceptors (Lipinski definition) is 5. The van der Waals surface area contributed by atoms with E-state index in [4.69, 9.17) is 27.7 Å². The second-order valence-corrected chi connectivity index (χ2v) is 6.09. The molecule has 3 rings (SSSR count). The fourth-order valence-electron chi connectivity index (χ4n) is 2.10. The molecule has 1 amide bonds. The minimum Gasteiger partial charge on any atom is -0.339 e. The van der Waals surface area contributed by atoms with Crippen LogP contribution in [0.4, 0.5) is 5.82 Å². The summed E-state index contributed by atoms with van der Waals surface area (Å²) < 4.78 is 5.27. The molecule has 0 radical (unpaired) electrons. The molecule has 0 aliphatic heterocycles. The number of benzene rings is 1. The maximum atomic E-state index is 11.3. The summed E-state index contributed by atoms with van der Waals surface area (Å²) in [5, 5.41) is 7.61. The van der Waals surface area contributed by atoms with Crippen molar-refractivity contribution in [2.45, 2.75) is 19.8 Å². The lowest BCUT2D eigenvalue weighted by Gasteiger charge is -2.02. The average Bonchev–Trinajstić information content (AvgIpc) is 3.07. The first kappa shape index (κ1) is 17.4. The van der Waals surface area contributed by atoms with E-state index in [-0.39, 0.29) is 5.91 Å². The van der Waals surface area contributed by atoms with Gasteiger partial charge in [-0.3, -0.25) is 4.79 Å².